The average molecular weight is 578 g/mol. The van der Waals surface area contributed by atoms with Gasteiger partial charge in [-0.05, 0) is 67.8 Å². The maximum absolute atomic E-state index is 13.5. The summed E-state index contributed by atoms with van der Waals surface area (Å²) in [6.45, 7) is 1.84. The number of amides is 2. The number of fused-ring (bicyclic) bond motifs is 1. The molecule has 0 radical (unpaired) electrons. The van der Waals surface area contributed by atoms with Crippen LogP contribution in [0, 0.1) is 6.92 Å². The Morgan fingerprint density at radius 1 is 0.919 bits per heavy atom. The molecule has 3 N–H and O–H groups in total. The van der Waals surface area contributed by atoms with Crippen molar-refractivity contribution in [3.8, 4) is 0 Å². The molecule has 5 rings (SSSR count). The Bertz CT molecular complexity index is 1500. The number of nitrogens with zero attached hydrogens (tertiary/aromatic N) is 1. The van der Waals surface area contributed by atoms with E-state index in [9.17, 15) is 9.59 Å². The third-order valence-corrected chi connectivity index (χ3v) is 7.51. The number of benzene rings is 3. The van der Waals surface area contributed by atoms with Crippen LogP contribution in [0.1, 0.15) is 63.7 Å². The second-order valence-electron chi connectivity index (χ2n) is 8.97. The number of anilines is 2. The highest BCUT2D eigenvalue weighted by Gasteiger charge is 2.24. The smallest absolute Gasteiger partial charge is 0.258 e. The summed E-state index contributed by atoms with van der Waals surface area (Å²) in [6, 6.07) is 13.4. The van der Waals surface area contributed by atoms with Gasteiger partial charge in [0.2, 0.25) is 0 Å². The number of H-pyrrole nitrogens is 1. The van der Waals surface area contributed by atoms with Crippen LogP contribution in [0.2, 0.25) is 15.1 Å². The summed E-state index contributed by atoms with van der Waals surface area (Å²) in [5, 5.41) is 7.01. The summed E-state index contributed by atoms with van der Waals surface area (Å²) < 4.78 is 0. The standard InChI is InChI=1S/C27H23Cl3N4O2.ClH/c1-14-20(29)7-4-8-22(14)33-27(36)19-12-17(31-26(35)18-11-16(28)9-10-21(18)30)13-23-24(19)34-25(32-23)15-5-2-3-6-15;/h4,7-13,15H,2-3,5-6H2,1H3,(H,31,35)(H,32,34)(H,33,36);1H. The lowest BCUT2D eigenvalue weighted by Gasteiger charge is -2.12. The molecule has 0 spiro atoms. The third kappa shape index (κ3) is 5.73. The van der Waals surface area contributed by atoms with Gasteiger partial charge in [-0.1, -0.05) is 53.7 Å². The first kappa shape index (κ1) is 27.3. The summed E-state index contributed by atoms with van der Waals surface area (Å²) in [5.41, 5.74) is 3.58. The summed E-state index contributed by atoms with van der Waals surface area (Å²) in [7, 11) is 0. The molecular formula is C27H24Cl4N4O2. The van der Waals surface area contributed by atoms with Crippen LogP contribution in [0.15, 0.2) is 48.5 Å². The van der Waals surface area contributed by atoms with Crippen molar-refractivity contribution in [2.24, 2.45) is 0 Å². The molecule has 1 saturated carbocycles. The van der Waals surface area contributed by atoms with Gasteiger partial charge in [-0.15, -0.1) is 12.4 Å². The molecular weight excluding hydrogens is 554 g/mol. The number of aromatic amines is 1. The van der Waals surface area contributed by atoms with Gasteiger partial charge >= 0.3 is 0 Å². The Balaban J connectivity index is 0.00000320. The third-order valence-electron chi connectivity index (χ3n) is 6.54. The van der Waals surface area contributed by atoms with E-state index in [1.807, 2.05) is 6.92 Å². The zero-order valence-electron chi connectivity index (χ0n) is 19.8. The number of imidazole rings is 1. The molecule has 1 heterocycles. The van der Waals surface area contributed by atoms with Crippen molar-refractivity contribution in [2.45, 2.75) is 38.5 Å². The van der Waals surface area contributed by atoms with E-state index in [0.717, 1.165) is 37.1 Å². The zero-order valence-corrected chi connectivity index (χ0v) is 22.9. The molecule has 6 nitrogen and oxygen atoms in total. The monoisotopic (exact) mass is 576 g/mol. The van der Waals surface area contributed by atoms with Gasteiger partial charge in [0.25, 0.3) is 11.8 Å². The number of carbonyl (C=O) groups excluding carboxylic acids is 2. The Labute approximate surface area is 235 Å². The van der Waals surface area contributed by atoms with Crippen molar-refractivity contribution >= 4 is 81.4 Å². The van der Waals surface area contributed by atoms with Gasteiger partial charge in [-0.3, -0.25) is 9.59 Å². The lowest BCUT2D eigenvalue weighted by Crippen LogP contribution is -2.16. The number of halogens is 4. The first-order chi connectivity index (χ1) is 17.3. The van der Waals surface area contributed by atoms with Crippen molar-refractivity contribution in [2.75, 3.05) is 10.6 Å². The Morgan fingerprint density at radius 3 is 2.41 bits per heavy atom. The Hall–Kier alpha value is -2.77. The van der Waals surface area contributed by atoms with Crippen LogP contribution in [0.4, 0.5) is 11.4 Å². The predicted octanol–water partition coefficient (Wildman–Crippen LogP) is 8.42. The second-order valence-corrected chi connectivity index (χ2v) is 10.2. The van der Waals surface area contributed by atoms with Crippen molar-refractivity contribution in [1.82, 2.24) is 9.97 Å². The van der Waals surface area contributed by atoms with E-state index in [1.165, 1.54) is 6.07 Å². The minimum atomic E-state index is -0.436. The quantitative estimate of drug-likeness (QED) is 0.222. The van der Waals surface area contributed by atoms with Crippen LogP contribution in [0.25, 0.3) is 11.0 Å². The minimum absolute atomic E-state index is 0. The maximum Gasteiger partial charge on any atom is 0.258 e. The van der Waals surface area contributed by atoms with Crippen LogP contribution < -0.4 is 10.6 Å². The number of aromatic nitrogens is 2. The largest absolute Gasteiger partial charge is 0.342 e. The Morgan fingerprint density at radius 2 is 1.65 bits per heavy atom. The molecule has 0 atom stereocenters. The molecule has 10 heteroatoms. The van der Waals surface area contributed by atoms with Crippen molar-refractivity contribution in [1.29, 1.82) is 0 Å². The molecule has 2 amide bonds. The van der Waals surface area contributed by atoms with Gasteiger partial charge in [0.15, 0.2) is 0 Å². The number of carbonyl (C=O) groups is 2. The van der Waals surface area contributed by atoms with Gasteiger partial charge in [0, 0.05) is 27.3 Å². The van der Waals surface area contributed by atoms with Crippen LogP contribution in [-0.2, 0) is 0 Å². The van der Waals surface area contributed by atoms with Gasteiger partial charge in [-0.2, -0.15) is 0 Å². The lowest BCUT2D eigenvalue weighted by molar-refractivity contribution is 0.101. The van der Waals surface area contributed by atoms with E-state index in [1.54, 1.807) is 42.5 Å². The number of hydrogen-bond acceptors (Lipinski definition) is 3. The highest BCUT2D eigenvalue weighted by molar-refractivity contribution is 6.36. The first-order valence-electron chi connectivity index (χ1n) is 11.7. The molecule has 1 fully saturated rings. The van der Waals surface area contributed by atoms with Crippen LogP contribution in [0.3, 0.4) is 0 Å². The van der Waals surface area contributed by atoms with Crippen LogP contribution in [-0.4, -0.2) is 21.8 Å². The molecule has 192 valence electrons. The topological polar surface area (TPSA) is 86.9 Å². The fraction of sp³-hybridized carbons (Fsp3) is 0.222. The number of hydrogen-bond donors (Lipinski definition) is 3. The molecule has 1 aliphatic carbocycles. The van der Waals surface area contributed by atoms with Gasteiger partial charge in [-0.25, -0.2) is 4.98 Å². The molecule has 0 unspecified atom stereocenters. The fourth-order valence-electron chi connectivity index (χ4n) is 4.58. The summed E-state index contributed by atoms with van der Waals surface area (Å²) >= 11 is 18.5. The first-order valence-corrected chi connectivity index (χ1v) is 12.8. The SMILES string of the molecule is Cc1c(Cl)cccc1NC(=O)c1cc(NC(=O)c2cc(Cl)ccc2Cl)cc2[nH]c(C3CCCC3)nc12.Cl. The molecule has 37 heavy (non-hydrogen) atoms. The van der Waals surface area contributed by atoms with Crippen LogP contribution in [0.5, 0.6) is 0 Å². The Kier molecular flexibility index (Phi) is 8.34. The second kappa shape index (κ2) is 11.3. The highest BCUT2D eigenvalue weighted by Crippen LogP contribution is 2.35. The summed E-state index contributed by atoms with van der Waals surface area (Å²) in [5.74, 6) is 0.393. The van der Waals surface area contributed by atoms with Gasteiger partial charge in [0.1, 0.15) is 11.3 Å². The summed E-state index contributed by atoms with van der Waals surface area (Å²) in [6.07, 6.45) is 4.43. The van der Waals surface area contributed by atoms with Crippen molar-refractivity contribution < 1.29 is 9.59 Å². The van der Waals surface area contributed by atoms with Crippen molar-refractivity contribution in [3.63, 3.8) is 0 Å². The fourth-order valence-corrected chi connectivity index (χ4v) is 5.13. The minimum Gasteiger partial charge on any atom is -0.342 e. The van der Waals surface area contributed by atoms with Crippen molar-refractivity contribution in [3.05, 3.63) is 86.1 Å². The van der Waals surface area contributed by atoms with Crippen LogP contribution >= 0.6 is 47.2 Å². The zero-order chi connectivity index (χ0) is 25.4. The predicted molar refractivity (Wildman–Crippen MR) is 153 cm³/mol. The van der Waals surface area contributed by atoms with E-state index in [4.69, 9.17) is 39.8 Å². The maximum atomic E-state index is 13.5. The molecule has 0 saturated heterocycles. The van der Waals surface area contributed by atoms with Gasteiger partial charge in [0.05, 0.1) is 21.7 Å². The molecule has 1 aromatic heterocycles. The molecule has 4 aromatic rings. The van der Waals surface area contributed by atoms with E-state index in [0.29, 0.717) is 43.9 Å². The average Bonchev–Trinajstić information content (AvgIpc) is 3.53. The van der Waals surface area contributed by atoms with E-state index < -0.39 is 5.91 Å². The van der Waals surface area contributed by atoms with E-state index in [-0.39, 0.29) is 28.9 Å². The lowest BCUT2D eigenvalue weighted by atomic mass is 10.1. The normalized spacial score (nSPS) is 13.4. The molecule has 0 bridgehead atoms. The van der Waals surface area contributed by atoms with Gasteiger partial charge < -0.3 is 15.6 Å². The number of nitrogens with one attached hydrogen (secondary N) is 3. The molecule has 3 aromatic carbocycles. The number of rotatable bonds is 5. The summed E-state index contributed by atoms with van der Waals surface area (Å²) in [4.78, 5) is 34.7. The molecule has 1 aliphatic rings. The van der Waals surface area contributed by atoms with E-state index in [2.05, 4.69) is 15.6 Å². The molecule has 0 aliphatic heterocycles. The van der Waals surface area contributed by atoms with E-state index >= 15 is 0 Å². The highest BCUT2D eigenvalue weighted by atomic mass is 35.5.